The summed E-state index contributed by atoms with van der Waals surface area (Å²) in [6, 6.07) is 14.6. The summed E-state index contributed by atoms with van der Waals surface area (Å²) in [4.78, 5) is 37.5. The van der Waals surface area contributed by atoms with Crippen LogP contribution in [-0.2, 0) is 22.7 Å². The van der Waals surface area contributed by atoms with E-state index < -0.39 is 15.9 Å². The molecule has 0 saturated heterocycles. The van der Waals surface area contributed by atoms with E-state index in [1.807, 2.05) is 13.0 Å². The van der Waals surface area contributed by atoms with Crippen molar-refractivity contribution in [2.24, 2.45) is 0 Å². The number of carbonyl (C=O) groups excluding carboxylic acids is 2. The van der Waals surface area contributed by atoms with Crippen LogP contribution < -0.4 is 20.4 Å². The average Bonchev–Trinajstić information content (AvgIpc) is 3.86. The van der Waals surface area contributed by atoms with Crippen LogP contribution in [0.2, 0.25) is 0 Å². The number of nitrogens with zero attached hydrogens (tertiary/aromatic N) is 8. The lowest BCUT2D eigenvalue weighted by Gasteiger charge is -2.29. The minimum atomic E-state index is -3.39. The number of anilines is 2. The van der Waals surface area contributed by atoms with Crippen molar-refractivity contribution in [3.8, 4) is 11.4 Å². The molecular weight excluding hydrogens is 871 g/mol. The number of sulfone groups is 1. The smallest absolute Gasteiger partial charge is 0.322 e. The van der Waals surface area contributed by atoms with Gasteiger partial charge in [-0.2, -0.15) is 10.2 Å². The molecule has 2 aromatic carbocycles. The molecule has 8 rings (SSSR count). The molecule has 14 nitrogen and oxygen atoms in total. The molecule has 0 saturated carbocycles. The second-order valence-corrected chi connectivity index (χ2v) is 17.2. The van der Waals surface area contributed by atoms with Gasteiger partial charge < -0.3 is 10.6 Å². The molecule has 2 atom stereocenters. The zero-order valence-corrected chi connectivity index (χ0v) is 34.8. The summed E-state index contributed by atoms with van der Waals surface area (Å²) in [5.41, 5.74) is 6.32. The van der Waals surface area contributed by atoms with Crippen LogP contribution in [0.5, 0.6) is 0 Å². The van der Waals surface area contributed by atoms with Crippen LogP contribution in [0.25, 0.3) is 11.4 Å². The van der Waals surface area contributed by atoms with Gasteiger partial charge in [-0.15, -0.1) is 0 Å². The number of pyridine rings is 2. The summed E-state index contributed by atoms with van der Waals surface area (Å²) >= 11 is 3.40. The molecule has 2 aliphatic heterocycles. The number of urea groups is 2. The largest absolute Gasteiger partial charge is 0.331 e. The third kappa shape index (κ3) is 10.5. The summed E-state index contributed by atoms with van der Waals surface area (Å²) in [6.45, 7) is 4.85. The molecule has 2 N–H and O–H groups in total. The molecule has 0 aliphatic carbocycles. The van der Waals surface area contributed by atoms with E-state index in [9.17, 15) is 26.8 Å². The zero-order chi connectivity index (χ0) is 41.8. The van der Waals surface area contributed by atoms with E-state index in [-0.39, 0.29) is 49.5 Å². The molecule has 4 amide bonds. The summed E-state index contributed by atoms with van der Waals surface area (Å²) in [5, 5.41) is 14.8. The van der Waals surface area contributed by atoms with Crippen LogP contribution in [0.15, 0.2) is 107 Å². The molecule has 61 heavy (non-hydrogen) atoms. The van der Waals surface area contributed by atoms with Crippen LogP contribution in [0.1, 0.15) is 76.1 Å². The van der Waals surface area contributed by atoms with Crippen LogP contribution in [-0.4, -0.2) is 69.4 Å². The highest BCUT2D eigenvalue weighted by Crippen LogP contribution is 2.31. The number of benzene rings is 2. The van der Waals surface area contributed by atoms with E-state index in [1.165, 1.54) is 42.7 Å². The summed E-state index contributed by atoms with van der Waals surface area (Å²) in [7, 11) is -3.39. The minimum Gasteiger partial charge on any atom is -0.331 e. The third-order valence-corrected chi connectivity index (χ3v) is 11.6. The Bertz CT molecular complexity index is 2590. The Kier molecular flexibility index (Phi) is 14.8. The molecule has 0 spiro atoms. The minimum absolute atomic E-state index is 0. The number of hydrogen-bond acceptors (Lipinski definition) is 8. The van der Waals surface area contributed by atoms with Crippen molar-refractivity contribution >= 4 is 49.2 Å². The van der Waals surface area contributed by atoms with Crippen molar-refractivity contribution in [1.82, 2.24) is 40.2 Å². The standard InChI is InChI=1S/C21H22FN5O3S.C20H19BrFN5O.2CH4/c1-14(15-10-18(12-23-11-15)31(2,29)30)25-21(28)26-9-3-4-19-20(26)13-24-27(19)17-7-5-16(22)6-8-17;1-13(14-9-15(21)11-23-10-14)25-20(28)26-8-2-3-18-19(26)12-24-27(18)17-6-4-16(22)5-7-17;;/h5-8,10-14H,3-4,9H2,1-2H3,(H,25,28);4-7,9-13H,2-3,8H2,1H3,(H,25,28);2*1H4/t14-;13-;;/m00../s1. The highest BCUT2D eigenvalue weighted by atomic mass is 79.9. The molecular formula is C43H49BrF2N10O4S. The maximum atomic E-state index is 13.3. The Morgan fingerprint density at radius 1 is 0.672 bits per heavy atom. The van der Waals surface area contributed by atoms with Crippen molar-refractivity contribution in [2.45, 2.75) is 71.4 Å². The lowest BCUT2D eigenvalue weighted by molar-refractivity contribution is 0.242. The number of nitrogens with one attached hydrogen (secondary N) is 2. The predicted octanol–water partition coefficient (Wildman–Crippen LogP) is 8.70. The number of halogens is 3. The van der Waals surface area contributed by atoms with Crippen molar-refractivity contribution < 1.29 is 26.8 Å². The maximum absolute atomic E-state index is 13.3. The van der Waals surface area contributed by atoms with Gasteiger partial charge in [-0.25, -0.2) is 36.2 Å². The van der Waals surface area contributed by atoms with Gasteiger partial charge in [0.15, 0.2) is 9.84 Å². The molecule has 4 aromatic heterocycles. The fraction of sp³-hybridized carbons (Fsp3) is 0.302. The second-order valence-electron chi connectivity index (χ2n) is 14.2. The topological polar surface area (TPSA) is 160 Å². The van der Waals surface area contributed by atoms with Crippen LogP contribution >= 0.6 is 15.9 Å². The predicted molar refractivity (Wildman–Crippen MR) is 235 cm³/mol. The molecule has 0 fully saturated rings. The van der Waals surface area contributed by atoms with E-state index in [0.717, 1.165) is 70.4 Å². The number of amides is 4. The molecule has 322 valence electrons. The first-order valence-electron chi connectivity index (χ1n) is 18.8. The molecule has 0 bridgehead atoms. The van der Waals surface area contributed by atoms with Gasteiger partial charge in [0.05, 0.1) is 63.5 Å². The van der Waals surface area contributed by atoms with E-state index in [4.69, 9.17) is 0 Å². The Balaban J connectivity index is 0.000000225. The molecule has 6 heterocycles. The summed E-state index contributed by atoms with van der Waals surface area (Å²) in [6.07, 6.45) is 13.9. The Morgan fingerprint density at radius 3 is 1.52 bits per heavy atom. The fourth-order valence-electron chi connectivity index (χ4n) is 6.96. The van der Waals surface area contributed by atoms with Crippen LogP contribution in [0.3, 0.4) is 0 Å². The number of hydrogen-bond donors (Lipinski definition) is 2. The van der Waals surface area contributed by atoms with Gasteiger partial charge in [0.1, 0.15) is 11.6 Å². The van der Waals surface area contributed by atoms with Crippen LogP contribution in [0.4, 0.5) is 29.7 Å². The Labute approximate surface area is 363 Å². The number of fused-ring (bicyclic) bond motifs is 2. The van der Waals surface area contributed by atoms with E-state index >= 15 is 0 Å². The van der Waals surface area contributed by atoms with Crippen molar-refractivity contribution in [1.29, 1.82) is 0 Å². The van der Waals surface area contributed by atoms with Crippen LogP contribution in [0, 0.1) is 11.6 Å². The fourth-order valence-corrected chi connectivity index (χ4v) is 7.95. The Morgan fingerprint density at radius 2 is 1.10 bits per heavy atom. The average molecular weight is 920 g/mol. The van der Waals surface area contributed by atoms with Crippen molar-refractivity contribution in [2.75, 3.05) is 29.1 Å². The van der Waals surface area contributed by atoms with Gasteiger partial charge in [0.25, 0.3) is 0 Å². The quantitative estimate of drug-likeness (QED) is 0.161. The molecule has 2 aliphatic rings. The normalized spacial score (nSPS) is 14.1. The summed E-state index contributed by atoms with van der Waals surface area (Å²) in [5.74, 6) is -0.615. The second kappa shape index (κ2) is 19.6. The van der Waals surface area contributed by atoms with Gasteiger partial charge in [-0.05, 0) is 127 Å². The van der Waals surface area contributed by atoms with E-state index in [0.29, 0.717) is 24.3 Å². The molecule has 18 heteroatoms. The first-order valence-corrected chi connectivity index (χ1v) is 21.5. The molecule has 0 radical (unpaired) electrons. The van der Waals surface area contributed by atoms with Gasteiger partial charge in [0, 0.05) is 48.6 Å². The van der Waals surface area contributed by atoms with Gasteiger partial charge in [0.2, 0.25) is 0 Å². The van der Waals surface area contributed by atoms with Crippen molar-refractivity contribution in [3.05, 3.63) is 136 Å². The lowest BCUT2D eigenvalue weighted by Crippen LogP contribution is -2.43. The first-order chi connectivity index (χ1) is 28.3. The molecule has 0 unspecified atom stereocenters. The maximum Gasteiger partial charge on any atom is 0.322 e. The summed E-state index contributed by atoms with van der Waals surface area (Å²) < 4.78 is 54.4. The van der Waals surface area contributed by atoms with Gasteiger partial charge in [-0.3, -0.25) is 19.8 Å². The van der Waals surface area contributed by atoms with E-state index in [2.05, 4.69) is 46.7 Å². The zero-order valence-electron chi connectivity index (χ0n) is 32.4. The Hall–Kier alpha value is -6.01. The molecule has 6 aromatic rings. The first kappa shape index (κ1) is 46.1. The number of rotatable bonds is 7. The number of carbonyl (C=O) groups is 2. The monoisotopic (exact) mass is 918 g/mol. The lowest BCUT2D eigenvalue weighted by atomic mass is 10.1. The highest BCUT2D eigenvalue weighted by molar-refractivity contribution is 9.10. The third-order valence-electron chi connectivity index (χ3n) is 10.1. The highest BCUT2D eigenvalue weighted by Gasteiger charge is 2.29. The van der Waals surface area contributed by atoms with Crippen molar-refractivity contribution in [3.63, 3.8) is 0 Å². The number of aromatic nitrogens is 6. The van der Waals surface area contributed by atoms with Gasteiger partial charge >= 0.3 is 12.1 Å². The van der Waals surface area contributed by atoms with Gasteiger partial charge in [-0.1, -0.05) is 14.9 Å². The SMILES string of the molecule is C.C.C[C@H](NC(=O)N1CCCc2c1cnn2-c1ccc(F)cc1)c1cncc(Br)c1.C[C@H](NC(=O)N1CCCc2c1cnn2-c1ccc(F)cc1)c1cncc(S(C)(=O)=O)c1. The van der Waals surface area contributed by atoms with E-state index in [1.54, 1.807) is 75.1 Å².